The van der Waals surface area contributed by atoms with Crippen LogP contribution in [0.5, 0.6) is 6.01 Å². The number of pyridine rings is 1. The molecule has 0 saturated carbocycles. The van der Waals surface area contributed by atoms with Gasteiger partial charge in [0.05, 0.1) is 7.11 Å². The van der Waals surface area contributed by atoms with Crippen LogP contribution in [0.2, 0.25) is 0 Å². The molecule has 122 valence electrons. The fourth-order valence-electron chi connectivity index (χ4n) is 2.85. The largest absolute Gasteiger partial charge is 0.467 e. The number of aromatic nitrogens is 3. The van der Waals surface area contributed by atoms with Crippen LogP contribution in [0.4, 0.5) is 11.6 Å². The van der Waals surface area contributed by atoms with E-state index in [4.69, 9.17) is 4.74 Å². The van der Waals surface area contributed by atoms with Crippen LogP contribution in [0.1, 0.15) is 29.8 Å². The van der Waals surface area contributed by atoms with Gasteiger partial charge in [0.1, 0.15) is 11.6 Å². The molecule has 2 aromatic heterocycles. The Kier molecular flexibility index (Phi) is 4.60. The maximum Gasteiger partial charge on any atom is 0.318 e. The second-order valence-electron chi connectivity index (χ2n) is 5.90. The van der Waals surface area contributed by atoms with Crippen LogP contribution in [0, 0.1) is 13.8 Å². The average molecular weight is 313 g/mol. The Morgan fingerprint density at radius 2 is 1.78 bits per heavy atom. The second kappa shape index (κ2) is 6.81. The molecule has 0 bridgehead atoms. The van der Waals surface area contributed by atoms with Crippen molar-refractivity contribution in [2.75, 3.05) is 30.4 Å². The molecule has 0 amide bonds. The normalized spacial score (nSPS) is 14.1. The third kappa shape index (κ3) is 3.88. The van der Waals surface area contributed by atoms with Crippen molar-refractivity contribution in [2.24, 2.45) is 0 Å². The smallest absolute Gasteiger partial charge is 0.318 e. The number of nitrogens with zero attached hydrogens (tertiary/aromatic N) is 4. The van der Waals surface area contributed by atoms with E-state index in [-0.39, 0.29) is 0 Å². The predicted octanol–water partition coefficient (Wildman–Crippen LogP) is 2.71. The van der Waals surface area contributed by atoms with E-state index < -0.39 is 0 Å². The SMILES string of the molecule is COc1nc(C)cc(NCc2cc(C)nc(N3CCCC3)c2)n1. The topological polar surface area (TPSA) is 63.2 Å². The molecule has 0 aromatic carbocycles. The Morgan fingerprint density at radius 1 is 1.04 bits per heavy atom. The molecule has 3 rings (SSSR count). The van der Waals surface area contributed by atoms with E-state index in [1.54, 1.807) is 7.11 Å². The summed E-state index contributed by atoms with van der Waals surface area (Å²) in [5, 5.41) is 3.34. The molecule has 1 N–H and O–H groups in total. The summed E-state index contributed by atoms with van der Waals surface area (Å²) < 4.78 is 5.11. The Morgan fingerprint density at radius 3 is 2.52 bits per heavy atom. The van der Waals surface area contributed by atoms with Crippen LogP contribution in [0.15, 0.2) is 18.2 Å². The molecule has 23 heavy (non-hydrogen) atoms. The van der Waals surface area contributed by atoms with Crippen molar-refractivity contribution in [3.63, 3.8) is 0 Å². The highest BCUT2D eigenvalue weighted by Crippen LogP contribution is 2.21. The maximum atomic E-state index is 5.11. The molecule has 0 unspecified atom stereocenters. The van der Waals surface area contributed by atoms with E-state index in [0.717, 1.165) is 36.1 Å². The fourth-order valence-corrected chi connectivity index (χ4v) is 2.85. The predicted molar refractivity (Wildman–Crippen MR) is 91.1 cm³/mol. The summed E-state index contributed by atoms with van der Waals surface area (Å²) in [4.78, 5) is 15.5. The zero-order valence-electron chi connectivity index (χ0n) is 14.0. The van der Waals surface area contributed by atoms with Gasteiger partial charge in [-0.25, -0.2) is 9.97 Å². The van der Waals surface area contributed by atoms with E-state index in [9.17, 15) is 0 Å². The molecule has 1 aliphatic heterocycles. The van der Waals surface area contributed by atoms with E-state index >= 15 is 0 Å². The third-order valence-electron chi connectivity index (χ3n) is 3.92. The van der Waals surface area contributed by atoms with Crippen LogP contribution >= 0.6 is 0 Å². The molecular formula is C17H23N5O. The summed E-state index contributed by atoms with van der Waals surface area (Å²) in [6.07, 6.45) is 2.51. The number of ether oxygens (including phenoxy) is 1. The molecule has 1 aliphatic rings. The van der Waals surface area contributed by atoms with Gasteiger partial charge in [0.25, 0.3) is 0 Å². The van der Waals surface area contributed by atoms with Crippen molar-refractivity contribution in [1.29, 1.82) is 0 Å². The monoisotopic (exact) mass is 313 g/mol. The lowest BCUT2D eigenvalue weighted by Gasteiger charge is -2.18. The van der Waals surface area contributed by atoms with Gasteiger partial charge in [-0.3, -0.25) is 0 Å². The quantitative estimate of drug-likeness (QED) is 0.915. The van der Waals surface area contributed by atoms with Crippen molar-refractivity contribution >= 4 is 11.6 Å². The first-order valence-corrected chi connectivity index (χ1v) is 8.00. The molecule has 1 fully saturated rings. The fraction of sp³-hybridized carbons (Fsp3) is 0.471. The van der Waals surface area contributed by atoms with E-state index in [0.29, 0.717) is 12.6 Å². The highest BCUT2D eigenvalue weighted by molar-refractivity contribution is 5.45. The minimum absolute atomic E-state index is 0.385. The summed E-state index contributed by atoms with van der Waals surface area (Å²) in [7, 11) is 1.58. The Bertz CT molecular complexity index is 683. The second-order valence-corrected chi connectivity index (χ2v) is 5.90. The van der Waals surface area contributed by atoms with Crippen molar-refractivity contribution in [3.8, 4) is 6.01 Å². The molecule has 2 aromatic rings. The molecule has 0 atom stereocenters. The van der Waals surface area contributed by atoms with Gasteiger partial charge in [0, 0.05) is 37.1 Å². The van der Waals surface area contributed by atoms with Gasteiger partial charge < -0.3 is 15.0 Å². The molecule has 6 nitrogen and oxygen atoms in total. The number of hydrogen-bond donors (Lipinski definition) is 1. The van der Waals surface area contributed by atoms with Gasteiger partial charge in [0.15, 0.2) is 0 Å². The summed E-state index contributed by atoms with van der Waals surface area (Å²) in [5.74, 6) is 1.85. The van der Waals surface area contributed by atoms with Crippen LogP contribution in [-0.4, -0.2) is 35.2 Å². The number of nitrogens with one attached hydrogen (secondary N) is 1. The van der Waals surface area contributed by atoms with Gasteiger partial charge in [-0.2, -0.15) is 4.98 Å². The lowest BCUT2D eigenvalue weighted by Crippen LogP contribution is -2.19. The molecule has 1 saturated heterocycles. The van der Waals surface area contributed by atoms with Crippen molar-refractivity contribution < 1.29 is 4.74 Å². The zero-order chi connectivity index (χ0) is 16.2. The first kappa shape index (κ1) is 15.5. The van der Waals surface area contributed by atoms with Crippen LogP contribution in [0.25, 0.3) is 0 Å². The highest BCUT2D eigenvalue weighted by atomic mass is 16.5. The zero-order valence-corrected chi connectivity index (χ0v) is 14.0. The van der Waals surface area contributed by atoms with Gasteiger partial charge in [0.2, 0.25) is 0 Å². The Labute approximate surface area is 136 Å². The number of aryl methyl sites for hydroxylation is 2. The molecule has 6 heteroatoms. The number of methoxy groups -OCH3 is 1. The minimum Gasteiger partial charge on any atom is -0.467 e. The lowest BCUT2D eigenvalue weighted by atomic mass is 10.2. The van der Waals surface area contributed by atoms with E-state index in [2.05, 4.69) is 37.3 Å². The highest BCUT2D eigenvalue weighted by Gasteiger charge is 2.14. The van der Waals surface area contributed by atoms with E-state index in [1.165, 1.54) is 18.4 Å². The van der Waals surface area contributed by atoms with Gasteiger partial charge in [-0.05, 0) is 44.4 Å². The van der Waals surface area contributed by atoms with Crippen molar-refractivity contribution in [2.45, 2.75) is 33.2 Å². The summed E-state index contributed by atoms with van der Waals surface area (Å²) in [5.41, 5.74) is 3.13. The first-order chi connectivity index (χ1) is 11.1. The van der Waals surface area contributed by atoms with Gasteiger partial charge >= 0.3 is 6.01 Å². The van der Waals surface area contributed by atoms with Crippen molar-refractivity contribution in [1.82, 2.24) is 15.0 Å². The molecule has 0 radical (unpaired) electrons. The number of anilines is 2. The molecule has 0 aliphatic carbocycles. The molecular weight excluding hydrogens is 290 g/mol. The standard InChI is InChI=1S/C17H23N5O/c1-12-8-14(10-16(19-12)22-6-4-5-7-22)11-18-15-9-13(2)20-17(21-15)23-3/h8-10H,4-7,11H2,1-3H3,(H,18,20,21). The Balaban J connectivity index is 1.74. The van der Waals surface area contributed by atoms with E-state index in [1.807, 2.05) is 19.9 Å². The first-order valence-electron chi connectivity index (χ1n) is 8.00. The van der Waals surface area contributed by atoms with Gasteiger partial charge in [-0.1, -0.05) is 0 Å². The number of rotatable bonds is 5. The Hall–Kier alpha value is -2.37. The molecule has 0 spiro atoms. The van der Waals surface area contributed by atoms with Crippen LogP contribution < -0.4 is 15.0 Å². The van der Waals surface area contributed by atoms with Gasteiger partial charge in [-0.15, -0.1) is 0 Å². The minimum atomic E-state index is 0.385. The average Bonchev–Trinajstić information content (AvgIpc) is 3.06. The molecule has 3 heterocycles. The summed E-state index contributed by atoms with van der Waals surface area (Å²) in [6.45, 7) is 6.87. The lowest BCUT2D eigenvalue weighted by molar-refractivity contribution is 0.379. The summed E-state index contributed by atoms with van der Waals surface area (Å²) >= 11 is 0. The third-order valence-corrected chi connectivity index (χ3v) is 3.92. The maximum absolute atomic E-state index is 5.11. The number of hydrogen-bond acceptors (Lipinski definition) is 6. The van der Waals surface area contributed by atoms with Crippen LogP contribution in [0.3, 0.4) is 0 Å². The van der Waals surface area contributed by atoms with Crippen LogP contribution in [-0.2, 0) is 6.54 Å². The van der Waals surface area contributed by atoms with Crippen molar-refractivity contribution in [3.05, 3.63) is 35.2 Å². The summed E-state index contributed by atoms with van der Waals surface area (Å²) in [6, 6.07) is 6.57.